The molecule has 0 saturated heterocycles. The predicted molar refractivity (Wildman–Crippen MR) is 65.4 cm³/mol. The molecule has 1 atom stereocenters. The van der Waals surface area contributed by atoms with Crippen LogP contribution in [0, 0.1) is 17.6 Å². The summed E-state index contributed by atoms with van der Waals surface area (Å²) < 4.78 is 25.9. The molecule has 0 spiro atoms. The number of carbonyl (C=O) groups is 1. The quantitative estimate of drug-likeness (QED) is 0.595. The molecule has 2 rings (SSSR count). The van der Waals surface area contributed by atoms with E-state index in [1.807, 2.05) is 19.2 Å². The molecule has 0 aromatic heterocycles. The van der Waals surface area contributed by atoms with Gasteiger partial charge in [-0.2, -0.15) is 0 Å². The second kappa shape index (κ2) is 5.40. The highest BCUT2D eigenvalue weighted by Crippen LogP contribution is 2.17. The Morgan fingerprint density at radius 1 is 1.33 bits per heavy atom. The van der Waals surface area contributed by atoms with Crippen LogP contribution in [0.3, 0.4) is 0 Å². The lowest BCUT2D eigenvalue weighted by molar-refractivity contribution is 0.0925. The van der Waals surface area contributed by atoms with Crippen LogP contribution in [-0.2, 0) is 0 Å². The minimum absolute atomic E-state index is 0.168. The molecule has 0 aliphatic carbocycles. The Morgan fingerprint density at radius 2 is 2.11 bits per heavy atom. The van der Waals surface area contributed by atoms with Gasteiger partial charge in [0.05, 0.1) is 5.92 Å². The van der Waals surface area contributed by atoms with Crippen LogP contribution in [0.25, 0.3) is 0 Å². The zero-order valence-corrected chi connectivity index (χ0v) is 10.2. The van der Waals surface area contributed by atoms with Crippen molar-refractivity contribution in [3.63, 3.8) is 0 Å². The maximum Gasteiger partial charge on any atom is 0.171 e. The Bertz CT molecular complexity index is 485. The summed E-state index contributed by atoms with van der Waals surface area (Å²) in [5, 5.41) is 0. The van der Waals surface area contributed by atoms with Crippen LogP contribution in [0.2, 0.25) is 0 Å². The average Bonchev–Trinajstić information content (AvgIpc) is 2.56. The van der Waals surface area contributed by atoms with Gasteiger partial charge in [0.2, 0.25) is 0 Å². The lowest BCUT2D eigenvalue weighted by Crippen LogP contribution is -2.28. The number of benzene rings is 1. The van der Waals surface area contributed by atoms with E-state index in [1.165, 1.54) is 6.07 Å². The van der Waals surface area contributed by atoms with Gasteiger partial charge in [-0.1, -0.05) is 12.2 Å². The van der Waals surface area contributed by atoms with E-state index in [2.05, 4.69) is 4.90 Å². The van der Waals surface area contributed by atoms with Crippen molar-refractivity contribution in [2.24, 2.45) is 5.92 Å². The Kier molecular flexibility index (Phi) is 3.87. The van der Waals surface area contributed by atoms with E-state index in [9.17, 15) is 13.6 Å². The molecule has 0 N–H and O–H groups in total. The predicted octanol–water partition coefficient (Wildman–Crippen LogP) is 2.66. The fraction of sp³-hybridized carbons (Fsp3) is 0.357. The van der Waals surface area contributed by atoms with E-state index in [0.717, 1.165) is 25.1 Å². The Labute approximate surface area is 105 Å². The SMILES string of the molecule is CN1CCC=CC(C(=O)c2ccc(F)c(F)c2)C1. The fourth-order valence-corrected chi connectivity index (χ4v) is 2.08. The van der Waals surface area contributed by atoms with Gasteiger partial charge in [0, 0.05) is 18.7 Å². The summed E-state index contributed by atoms with van der Waals surface area (Å²) in [4.78, 5) is 14.3. The number of hydrogen-bond donors (Lipinski definition) is 0. The van der Waals surface area contributed by atoms with Crippen molar-refractivity contribution in [2.75, 3.05) is 20.1 Å². The van der Waals surface area contributed by atoms with Crippen molar-refractivity contribution < 1.29 is 13.6 Å². The van der Waals surface area contributed by atoms with E-state index < -0.39 is 11.6 Å². The summed E-state index contributed by atoms with van der Waals surface area (Å²) in [5.41, 5.74) is 0.221. The van der Waals surface area contributed by atoms with Crippen LogP contribution in [0.4, 0.5) is 8.78 Å². The van der Waals surface area contributed by atoms with Gasteiger partial charge in [-0.15, -0.1) is 0 Å². The van der Waals surface area contributed by atoms with E-state index >= 15 is 0 Å². The first-order valence-corrected chi connectivity index (χ1v) is 5.92. The third-order valence-electron chi connectivity index (χ3n) is 3.10. The molecule has 2 nitrogen and oxygen atoms in total. The molecule has 0 saturated carbocycles. The van der Waals surface area contributed by atoms with Crippen LogP contribution in [0.15, 0.2) is 30.4 Å². The van der Waals surface area contributed by atoms with Crippen LogP contribution in [0.5, 0.6) is 0 Å². The van der Waals surface area contributed by atoms with Crippen molar-refractivity contribution in [3.8, 4) is 0 Å². The molecule has 4 heteroatoms. The van der Waals surface area contributed by atoms with Gasteiger partial charge in [0.15, 0.2) is 17.4 Å². The Morgan fingerprint density at radius 3 is 2.83 bits per heavy atom. The van der Waals surface area contributed by atoms with Gasteiger partial charge in [0.25, 0.3) is 0 Å². The van der Waals surface area contributed by atoms with E-state index in [-0.39, 0.29) is 17.3 Å². The van der Waals surface area contributed by atoms with Crippen molar-refractivity contribution in [3.05, 3.63) is 47.5 Å². The maximum atomic E-state index is 13.1. The second-order valence-corrected chi connectivity index (χ2v) is 4.58. The number of halogens is 2. The first-order chi connectivity index (χ1) is 8.58. The average molecular weight is 251 g/mol. The fourth-order valence-electron chi connectivity index (χ4n) is 2.08. The van der Waals surface area contributed by atoms with Crippen molar-refractivity contribution in [1.29, 1.82) is 0 Å². The number of ketones is 1. The first-order valence-electron chi connectivity index (χ1n) is 5.92. The summed E-state index contributed by atoms with van der Waals surface area (Å²) in [6.45, 7) is 1.51. The number of carbonyl (C=O) groups excluding carboxylic acids is 1. The van der Waals surface area contributed by atoms with Gasteiger partial charge in [-0.3, -0.25) is 4.79 Å². The lowest BCUT2D eigenvalue weighted by atomic mass is 9.97. The van der Waals surface area contributed by atoms with Crippen LogP contribution < -0.4 is 0 Å². The maximum absolute atomic E-state index is 13.1. The zero-order valence-electron chi connectivity index (χ0n) is 10.2. The highest BCUT2D eigenvalue weighted by molar-refractivity contribution is 5.99. The standard InChI is InChI=1S/C14H15F2NO/c1-17-7-3-2-4-11(9-17)14(18)10-5-6-12(15)13(16)8-10/h2,4-6,8,11H,3,7,9H2,1H3. The third-order valence-corrected chi connectivity index (χ3v) is 3.10. The summed E-state index contributed by atoms with van der Waals surface area (Å²) >= 11 is 0. The number of rotatable bonds is 2. The van der Waals surface area contributed by atoms with Gasteiger partial charge in [-0.05, 0) is 31.7 Å². The number of Topliss-reactive ketones (excluding diaryl/α,β-unsaturated/α-hetero) is 1. The zero-order chi connectivity index (χ0) is 13.1. The molecule has 0 bridgehead atoms. The molecule has 1 heterocycles. The molecule has 1 unspecified atom stereocenters. The smallest absolute Gasteiger partial charge is 0.171 e. The molecule has 18 heavy (non-hydrogen) atoms. The van der Waals surface area contributed by atoms with E-state index in [4.69, 9.17) is 0 Å². The summed E-state index contributed by atoms with van der Waals surface area (Å²) in [5.74, 6) is -2.37. The van der Waals surface area contributed by atoms with Crippen molar-refractivity contribution >= 4 is 5.78 Å². The highest BCUT2D eigenvalue weighted by atomic mass is 19.2. The van der Waals surface area contributed by atoms with Gasteiger partial charge in [-0.25, -0.2) is 8.78 Å². The molecule has 96 valence electrons. The molecule has 0 fully saturated rings. The largest absolute Gasteiger partial charge is 0.305 e. The normalized spacial score (nSPS) is 20.7. The Hall–Kier alpha value is -1.55. The van der Waals surface area contributed by atoms with Crippen LogP contribution in [0.1, 0.15) is 16.8 Å². The minimum atomic E-state index is -0.980. The van der Waals surface area contributed by atoms with Crippen LogP contribution in [-0.4, -0.2) is 30.8 Å². The van der Waals surface area contributed by atoms with Crippen molar-refractivity contribution in [2.45, 2.75) is 6.42 Å². The van der Waals surface area contributed by atoms with Gasteiger partial charge in [0.1, 0.15) is 0 Å². The first kappa shape index (κ1) is 12.9. The minimum Gasteiger partial charge on any atom is -0.305 e. The summed E-state index contributed by atoms with van der Waals surface area (Å²) in [7, 11) is 1.94. The summed E-state index contributed by atoms with van der Waals surface area (Å²) in [6.07, 6.45) is 4.72. The van der Waals surface area contributed by atoms with E-state index in [0.29, 0.717) is 6.54 Å². The van der Waals surface area contributed by atoms with E-state index in [1.54, 1.807) is 0 Å². The molecule has 1 aliphatic rings. The topological polar surface area (TPSA) is 20.3 Å². The molecular formula is C14H15F2NO. The lowest BCUT2D eigenvalue weighted by Gasteiger charge is -2.18. The van der Waals surface area contributed by atoms with Gasteiger partial charge < -0.3 is 4.90 Å². The second-order valence-electron chi connectivity index (χ2n) is 4.58. The summed E-state index contributed by atoms with van der Waals surface area (Å²) in [6, 6.07) is 3.29. The Balaban J connectivity index is 2.21. The van der Waals surface area contributed by atoms with Gasteiger partial charge >= 0.3 is 0 Å². The molecule has 1 aliphatic heterocycles. The monoisotopic (exact) mass is 251 g/mol. The van der Waals surface area contributed by atoms with Crippen molar-refractivity contribution in [1.82, 2.24) is 4.90 Å². The third kappa shape index (κ3) is 2.82. The number of nitrogens with zero attached hydrogens (tertiary/aromatic N) is 1. The molecular weight excluding hydrogens is 236 g/mol. The molecule has 1 aromatic carbocycles. The highest BCUT2D eigenvalue weighted by Gasteiger charge is 2.21. The molecule has 1 aromatic rings. The molecule has 0 radical (unpaired) electrons. The number of hydrogen-bond acceptors (Lipinski definition) is 2. The molecule has 0 amide bonds. The van der Waals surface area contributed by atoms with Crippen LogP contribution >= 0.6 is 0 Å².